The van der Waals surface area contributed by atoms with Crippen molar-refractivity contribution < 1.29 is 0 Å². The quantitative estimate of drug-likeness (QED) is 0.835. The zero-order valence-electron chi connectivity index (χ0n) is 8.98. The maximum absolute atomic E-state index is 6.07. The van der Waals surface area contributed by atoms with Crippen LogP contribution < -0.4 is 10.6 Å². The van der Waals surface area contributed by atoms with E-state index < -0.39 is 0 Å². The molecular formula is C11H16Cl2N2. The topological polar surface area (TPSA) is 24.1 Å². The Kier molecular flexibility index (Phi) is 5.40. The van der Waals surface area contributed by atoms with Gasteiger partial charge in [-0.25, -0.2) is 0 Å². The lowest BCUT2D eigenvalue weighted by atomic mass is 10.2. The standard InChI is InChI=1S/C11H16Cl2N2/c1-8(6-14-2)15-7-9-4-3-5-10(12)11(9)13/h3-5,8,14-15H,6-7H2,1-2H3. The molecule has 4 heteroatoms. The molecule has 0 saturated heterocycles. The number of hydrogen-bond donors (Lipinski definition) is 2. The first-order chi connectivity index (χ1) is 7.15. The molecule has 15 heavy (non-hydrogen) atoms. The van der Waals surface area contributed by atoms with Crippen LogP contribution in [0, 0.1) is 0 Å². The first kappa shape index (κ1) is 12.8. The normalized spacial score (nSPS) is 12.8. The molecule has 1 aromatic rings. The van der Waals surface area contributed by atoms with E-state index >= 15 is 0 Å². The Morgan fingerprint density at radius 2 is 2.07 bits per heavy atom. The third kappa shape index (κ3) is 3.99. The Morgan fingerprint density at radius 1 is 1.33 bits per heavy atom. The van der Waals surface area contributed by atoms with Crippen molar-refractivity contribution in [2.24, 2.45) is 0 Å². The average molecular weight is 247 g/mol. The number of likely N-dealkylation sites (N-methyl/N-ethyl adjacent to an activating group) is 1. The molecule has 1 rings (SSSR count). The number of nitrogens with one attached hydrogen (secondary N) is 2. The van der Waals surface area contributed by atoms with E-state index in [1.165, 1.54) is 0 Å². The maximum atomic E-state index is 6.07. The van der Waals surface area contributed by atoms with Crippen LogP contribution in [0.1, 0.15) is 12.5 Å². The highest BCUT2D eigenvalue weighted by atomic mass is 35.5. The van der Waals surface area contributed by atoms with Crippen LogP contribution in [0.2, 0.25) is 10.0 Å². The molecule has 1 aromatic carbocycles. The fourth-order valence-corrected chi connectivity index (χ4v) is 1.73. The van der Waals surface area contributed by atoms with Crippen molar-refractivity contribution in [2.75, 3.05) is 13.6 Å². The zero-order chi connectivity index (χ0) is 11.3. The number of benzene rings is 1. The Balaban J connectivity index is 2.54. The van der Waals surface area contributed by atoms with Gasteiger partial charge in [0.1, 0.15) is 0 Å². The van der Waals surface area contributed by atoms with Crippen LogP contribution in [0.15, 0.2) is 18.2 Å². The molecule has 84 valence electrons. The molecule has 0 fully saturated rings. The largest absolute Gasteiger partial charge is 0.318 e. The van der Waals surface area contributed by atoms with Crippen molar-refractivity contribution in [1.82, 2.24) is 10.6 Å². The van der Waals surface area contributed by atoms with Crippen LogP contribution in [0.3, 0.4) is 0 Å². The van der Waals surface area contributed by atoms with E-state index in [9.17, 15) is 0 Å². The van der Waals surface area contributed by atoms with Crippen LogP contribution >= 0.6 is 23.2 Å². The summed E-state index contributed by atoms with van der Waals surface area (Å²) < 4.78 is 0. The van der Waals surface area contributed by atoms with E-state index in [1.807, 2.05) is 19.2 Å². The molecule has 0 aromatic heterocycles. The van der Waals surface area contributed by atoms with Crippen molar-refractivity contribution in [3.05, 3.63) is 33.8 Å². The highest BCUT2D eigenvalue weighted by molar-refractivity contribution is 6.42. The Bertz CT molecular complexity index is 315. The van der Waals surface area contributed by atoms with Gasteiger partial charge in [0.25, 0.3) is 0 Å². The van der Waals surface area contributed by atoms with Crippen molar-refractivity contribution in [3.8, 4) is 0 Å². The summed E-state index contributed by atoms with van der Waals surface area (Å²) in [5.41, 5.74) is 1.03. The fourth-order valence-electron chi connectivity index (χ4n) is 1.35. The average Bonchev–Trinajstić information content (AvgIpc) is 2.21. The van der Waals surface area contributed by atoms with Crippen molar-refractivity contribution in [1.29, 1.82) is 0 Å². The molecule has 0 radical (unpaired) electrons. The summed E-state index contributed by atoms with van der Waals surface area (Å²) in [6.07, 6.45) is 0. The van der Waals surface area contributed by atoms with Gasteiger partial charge in [-0.05, 0) is 25.6 Å². The van der Waals surface area contributed by atoms with Gasteiger partial charge in [0.2, 0.25) is 0 Å². The minimum absolute atomic E-state index is 0.407. The van der Waals surface area contributed by atoms with Crippen LogP contribution in [0.4, 0.5) is 0 Å². The maximum Gasteiger partial charge on any atom is 0.0637 e. The van der Waals surface area contributed by atoms with E-state index in [0.717, 1.165) is 18.7 Å². The molecule has 0 saturated carbocycles. The van der Waals surface area contributed by atoms with Gasteiger partial charge < -0.3 is 10.6 Å². The summed E-state index contributed by atoms with van der Waals surface area (Å²) in [6.45, 7) is 3.79. The van der Waals surface area contributed by atoms with Crippen LogP contribution in [0.5, 0.6) is 0 Å². The van der Waals surface area contributed by atoms with Crippen LogP contribution in [-0.2, 0) is 6.54 Å². The van der Waals surface area contributed by atoms with E-state index in [4.69, 9.17) is 23.2 Å². The lowest BCUT2D eigenvalue weighted by Gasteiger charge is -2.14. The molecule has 1 unspecified atom stereocenters. The second kappa shape index (κ2) is 6.33. The molecule has 0 amide bonds. The van der Waals surface area contributed by atoms with E-state index in [2.05, 4.69) is 17.6 Å². The number of halogens is 2. The molecule has 0 aliphatic rings. The smallest absolute Gasteiger partial charge is 0.0637 e. The first-order valence-corrected chi connectivity index (χ1v) is 5.71. The SMILES string of the molecule is CNCC(C)NCc1cccc(Cl)c1Cl. The summed E-state index contributed by atoms with van der Waals surface area (Å²) in [5.74, 6) is 0. The van der Waals surface area contributed by atoms with Gasteiger partial charge in [0, 0.05) is 19.1 Å². The Morgan fingerprint density at radius 3 is 2.73 bits per heavy atom. The van der Waals surface area contributed by atoms with E-state index in [1.54, 1.807) is 6.07 Å². The number of rotatable bonds is 5. The summed E-state index contributed by atoms with van der Waals surface area (Å²) in [7, 11) is 1.94. The second-order valence-corrected chi connectivity index (χ2v) is 4.34. The highest BCUT2D eigenvalue weighted by Crippen LogP contribution is 2.25. The third-order valence-electron chi connectivity index (χ3n) is 2.18. The minimum atomic E-state index is 0.407. The third-order valence-corrected chi connectivity index (χ3v) is 3.04. The van der Waals surface area contributed by atoms with Gasteiger partial charge in [0.15, 0.2) is 0 Å². The summed E-state index contributed by atoms with van der Waals surface area (Å²) in [4.78, 5) is 0. The van der Waals surface area contributed by atoms with Gasteiger partial charge in [0.05, 0.1) is 10.0 Å². The minimum Gasteiger partial charge on any atom is -0.318 e. The number of hydrogen-bond acceptors (Lipinski definition) is 2. The molecule has 1 atom stereocenters. The molecule has 0 aliphatic heterocycles. The Hall–Kier alpha value is -0.280. The van der Waals surface area contributed by atoms with Crippen molar-refractivity contribution >= 4 is 23.2 Å². The monoisotopic (exact) mass is 246 g/mol. The van der Waals surface area contributed by atoms with Gasteiger partial charge in [-0.3, -0.25) is 0 Å². The van der Waals surface area contributed by atoms with Gasteiger partial charge in [-0.2, -0.15) is 0 Å². The molecular weight excluding hydrogens is 231 g/mol. The van der Waals surface area contributed by atoms with Gasteiger partial charge in [-0.1, -0.05) is 35.3 Å². The molecule has 0 spiro atoms. The van der Waals surface area contributed by atoms with Gasteiger partial charge >= 0.3 is 0 Å². The second-order valence-electron chi connectivity index (χ2n) is 3.55. The highest BCUT2D eigenvalue weighted by Gasteiger charge is 2.05. The van der Waals surface area contributed by atoms with E-state index in [-0.39, 0.29) is 0 Å². The summed E-state index contributed by atoms with van der Waals surface area (Å²) >= 11 is 12.0. The fraction of sp³-hybridized carbons (Fsp3) is 0.455. The Labute approximate surface area is 101 Å². The van der Waals surface area contributed by atoms with Gasteiger partial charge in [-0.15, -0.1) is 0 Å². The summed E-state index contributed by atoms with van der Waals surface area (Å²) in [6, 6.07) is 6.09. The first-order valence-electron chi connectivity index (χ1n) is 4.96. The predicted molar refractivity (Wildman–Crippen MR) is 66.7 cm³/mol. The zero-order valence-corrected chi connectivity index (χ0v) is 10.5. The lowest BCUT2D eigenvalue weighted by Crippen LogP contribution is -2.34. The predicted octanol–water partition coefficient (Wildman–Crippen LogP) is 2.69. The lowest BCUT2D eigenvalue weighted by molar-refractivity contribution is 0.523. The van der Waals surface area contributed by atoms with Crippen LogP contribution in [0.25, 0.3) is 0 Å². The molecule has 0 bridgehead atoms. The van der Waals surface area contributed by atoms with E-state index in [0.29, 0.717) is 16.1 Å². The van der Waals surface area contributed by atoms with Crippen molar-refractivity contribution in [2.45, 2.75) is 19.5 Å². The summed E-state index contributed by atoms with van der Waals surface area (Å²) in [5, 5.41) is 7.72. The molecule has 0 heterocycles. The van der Waals surface area contributed by atoms with Crippen molar-refractivity contribution in [3.63, 3.8) is 0 Å². The molecule has 0 aliphatic carbocycles. The van der Waals surface area contributed by atoms with Crippen LogP contribution in [-0.4, -0.2) is 19.6 Å². The molecule has 2 nitrogen and oxygen atoms in total. The molecule has 2 N–H and O–H groups in total.